The molecule has 0 spiro atoms. The Morgan fingerprint density at radius 2 is 1.81 bits per heavy atom. The molecule has 1 atom stereocenters. The minimum Gasteiger partial charge on any atom is -0.486 e. The van der Waals surface area contributed by atoms with Crippen molar-refractivity contribution in [2.75, 3.05) is 13.2 Å². The minimum atomic E-state index is -0.216. The van der Waals surface area contributed by atoms with Gasteiger partial charge >= 0.3 is 0 Å². The van der Waals surface area contributed by atoms with Crippen LogP contribution in [0.25, 0.3) is 0 Å². The van der Waals surface area contributed by atoms with E-state index in [-0.39, 0.29) is 10.6 Å². The molecule has 0 fully saturated rings. The lowest BCUT2D eigenvalue weighted by Gasteiger charge is -2.21. The SMILES string of the molecule is Cc1cc(C(Br)c2cc3c(cc2Cl)OCCO3)ccc1F. The third-order valence-electron chi connectivity index (χ3n) is 3.41. The second-order valence-electron chi connectivity index (χ2n) is 4.89. The van der Waals surface area contributed by atoms with Crippen molar-refractivity contribution in [3.63, 3.8) is 0 Å². The van der Waals surface area contributed by atoms with Crippen LogP contribution in [-0.2, 0) is 0 Å². The molecule has 0 radical (unpaired) electrons. The largest absolute Gasteiger partial charge is 0.486 e. The number of halogens is 3. The van der Waals surface area contributed by atoms with Crippen LogP contribution in [0.1, 0.15) is 21.5 Å². The molecule has 2 nitrogen and oxygen atoms in total. The van der Waals surface area contributed by atoms with Gasteiger partial charge in [0.05, 0.1) is 4.83 Å². The normalized spacial score (nSPS) is 14.9. The molecule has 0 saturated heterocycles. The molecule has 1 aliphatic heterocycles. The Bertz CT molecular complexity index is 690. The summed E-state index contributed by atoms with van der Waals surface area (Å²) >= 11 is 9.97. The summed E-state index contributed by atoms with van der Waals surface area (Å²) in [6.45, 7) is 2.79. The van der Waals surface area contributed by atoms with Gasteiger partial charge in [-0.3, -0.25) is 0 Å². The maximum absolute atomic E-state index is 13.4. The van der Waals surface area contributed by atoms with Crippen LogP contribution in [0.15, 0.2) is 30.3 Å². The highest BCUT2D eigenvalue weighted by molar-refractivity contribution is 9.09. The van der Waals surface area contributed by atoms with Crippen LogP contribution in [0, 0.1) is 12.7 Å². The van der Waals surface area contributed by atoms with E-state index in [0.29, 0.717) is 35.3 Å². The molecule has 21 heavy (non-hydrogen) atoms. The Balaban J connectivity index is 2.00. The van der Waals surface area contributed by atoms with Crippen LogP contribution in [0.3, 0.4) is 0 Å². The van der Waals surface area contributed by atoms with Crippen LogP contribution < -0.4 is 9.47 Å². The molecule has 1 unspecified atom stereocenters. The van der Waals surface area contributed by atoms with Crippen molar-refractivity contribution in [1.82, 2.24) is 0 Å². The first-order valence-electron chi connectivity index (χ1n) is 6.55. The molecule has 1 heterocycles. The van der Waals surface area contributed by atoms with Gasteiger partial charge in [-0.05, 0) is 35.7 Å². The molecule has 1 aliphatic rings. The highest BCUT2D eigenvalue weighted by Crippen LogP contribution is 2.42. The molecule has 110 valence electrons. The minimum absolute atomic E-state index is 0.139. The Labute approximate surface area is 136 Å². The maximum atomic E-state index is 13.4. The molecule has 0 amide bonds. The maximum Gasteiger partial charge on any atom is 0.162 e. The average Bonchev–Trinajstić information content (AvgIpc) is 2.48. The van der Waals surface area contributed by atoms with Crippen LogP contribution in [0.2, 0.25) is 5.02 Å². The van der Waals surface area contributed by atoms with Gasteiger partial charge in [-0.15, -0.1) is 0 Å². The van der Waals surface area contributed by atoms with Crippen molar-refractivity contribution in [3.8, 4) is 11.5 Å². The van der Waals surface area contributed by atoms with Gasteiger partial charge in [0, 0.05) is 11.1 Å². The van der Waals surface area contributed by atoms with E-state index in [1.165, 1.54) is 6.07 Å². The van der Waals surface area contributed by atoms with Crippen molar-refractivity contribution in [1.29, 1.82) is 0 Å². The first-order valence-corrected chi connectivity index (χ1v) is 7.85. The van der Waals surface area contributed by atoms with E-state index in [1.807, 2.05) is 12.1 Å². The summed E-state index contributed by atoms with van der Waals surface area (Å²) < 4.78 is 24.5. The van der Waals surface area contributed by atoms with Gasteiger partial charge in [-0.1, -0.05) is 39.7 Å². The van der Waals surface area contributed by atoms with Gasteiger partial charge in [0.2, 0.25) is 0 Å². The van der Waals surface area contributed by atoms with Gasteiger partial charge in [-0.25, -0.2) is 4.39 Å². The molecule has 0 bridgehead atoms. The van der Waals surface area contributed by atoms with Gasteiger partial charge in [0.25, 0.3) is 0 Å². The fourth-order valence-corrected chi connectivity index (χ4v) is 3.34. The van der Waals surface area contributed by atoms with E-state index in [0.717, 1.165) is 11.1 Å². The van der Waals surface area contributed by atoms with Gasteiger partial charge in [0.1, 0.15) is 19.0 Å². The lowest BCUT2D eigenvalue weighted by atomic mass is 10.0. The molecule has 0 saturated carbocycles. The van der Waals surface area contributed by atoms with Crippen LogP contribution in [-0.4, -0.2) is 13.2 Å². The molecule has 3 rings (SSSR count). The molecule has 2 aromatic rings. The van der Waals surface area contributed by atoms with E-state index >= 15 is 0 Å². The number of rotatable bonds is 2. The molecule has 0 N–H and O–H groups in total. The second-order valence-corrected chi connectivity index (χ2v) is 6.21. The predicted molar refractivity (Wildman–Crippen MR) is 84.3 cm³/mol. The van der Waals surface area contributed by atoms with Crippen molar-refractivity contribution < 1.29 is 13.9 Å². The zero-order chi connectivity index (χ0) is 15.0. The Hall–Kier alpha value is -1.26. The fourth-order valence-electron chi connectivity index (χ4n) is 2.28. The molecule has 0 aromatic heterocycles. The second kappa shape index (κ2) is 5.85. The lowest BCUT2D eigenvalue weighted by Crippen LogP contribution is -2.15. The summed E-state index contributed by atoms with van der Waals surface area (Å²) in [4.78, 5) is -0.139. The van der Waals surface area contributed by atoms with E-state index < -0.39 is 0 Å². The molecular formula is C16H13BrClFO2. The number of benzene rings is 2. The monoisotopic (exact) mass is 370 g/mol. The van der Waals surface area contributed by atoms with E-state index in [4.69, 9.17) is 21.1 Å². The third-order valence-corrected chi connectivity index (χ3v) is 4.76. The number of aryl methyl sites for hydroxylation is 1. The van der Waals surface area contributed by atoms with Crippen LogP contribution in [0.4, 0.5) is 4.39 Å². The van der Waals surface area contributed by atoms with Gasteiger partial charge < -0.3 is 9.47 Å². The summed E-state index contributed by atoms with van der Waals surface area (Å²) in [5.41, 5.74) is 2.41. The topological polar surface area (TPSA) is 18.5 Å². The molecule has 5 heteroatoms. The first kappa shape index (κ1) is 14.7. The first-order chi connectivity index (χ1) is 10.1. The summed E-state index contributed by atoms with van der Waals surface area (Å²) in [7, 11) is 0. The van der Waals surface area contributed by atoms with E-state index in [2.05, 4.69) is 15.9 Å². The highest BCUT2D eigenvalue weighted by Gasteiger charge is 2.20. The van der Waals surface area contributed by atoms with E-state index in [1.54, 1.807) is 19.1 Å². The molecule has 2 aromatic carbocycles. The van der Waals surface area contributed by atoms with Crippen LogP contribution in [0.5, 0.6) is 11.5 Å². The fraction of sp³-hybridized carbons (Fsp3) is 0.250. The van der Waals surface area contributed by atoms with Gasteiger partial charge in [0.15, 0.2) is 11.5 Å². The highest BCUT2D eigenvalue weighted by atomic mass is 79.9. The third kappa shape index (κ3) is 2.87. The van der Waals surface area contributed by atoms with Crippen molar-refractivity contribution in [2.45, 2.75) is 11.8 Å². The Kier molecular flexibility index (Phi) is 4.09. The predicted octanol–water partition coefficient (Wildman–Crippen LogP) is 5.04. The average molecular weight is 372 g/mol. The Morgan fingerprint density at radius 3 is 2.48 bits per heavy atom. The summed E-state index contributed by atoms with van der Waals surface area (Å²) in [5.74, 6) is 1.13. The number of hydrogen-bond donors (Lipinski definition) is 0. The zero-order valence-electron chi connectivity index (χ0n) is 11.3. The summed E-state index contributed by atoms with van der Waals surface area (Å²) in [6, 6.07) is 8.65. The number of hydrogen-bond acceptors (Lipinski definition) is 2. The quantitative estimate of drug-likeness (QED) is 0.688. The summed E-state index contributed by atoms with van der Waals surface area (Å²) in [5, 5.41) is 0.586. The lowest BCUT2D eigenvalue weighted by molar-refractivity contribution is 0.171. The Morgan fingerprint density at radius 1 is 1.14 bits per heavy atom. The van der Waals surface area contributed by atoms with E-state index in [9.17, 15) is 4.39 Å². The van der Waals surface area contributed by atoms with Gasteiger partial charge in [-0.2, -0.15) is 0 Å². The number of ether oxygens (including phenoxy) is 2. The summed E-state index contributed by atoms with van der Waals surface area (Å²) in [6.07, 6.45) is 0. The number of fused-ring (bicyclic) bond motifs is 1. The zero-order valence-corrected chi connectivity index (χ0v) is 13.7. The smallest absolute Gasteiger partial charge is 0.162 e. The number of alkyl halides is 1. The van der Waals surface area contributed by atoms with Crippen molar-refractivity contribution >= 4 is 27.5 Å². The standard InChI is InChI=1S/C16H13BrClFO2/c1-9-6-10(2-3-13(9)19)16(17)11-7-14-15(8-12(11)18)21-5-4-20-14/h2-3,6-8,16H,4-5H2,1H3. The van der Waals surface area contributed by atoms with Crippen molar-refractivity contribution in [3.05, 3.63) is 57.9 Å². The van der Waals surface area contributed by atoms with Crippen molar-refractivity contribution in [2.24, 2.45) is 0 Å². The van der Waals surface area contributed by atoms with Crippen LogP contribution >= 0.6 is 27.5 Å². The molecular weight excluding hydrogens is 359 g/mol. The molecule has 0 aliphatic carbocycles.